The van der Waals surface area contributed by atoms with Gasteiger partial charge in [0.2, 0.25) is 0 Å². The van der Waals surface area contributed by atoms with Gasteiger partial charge in [-0.2, -0.15) is 0 Å². The molecule has 14 heavy (non-hydrogen) atoms. The minimum atomic E-state index is 0.826. The first-order valence-electron chi connectivity index (χ1n) is 6.26. The average Bonchev–Trinajstić information content (AvgIpc) is 2.18. The second kappa shape index (κ2) is 8.08. The van der Waals surface area contributed by atoms with Crippen molar-refractivity contribution in [2.75, 3.05) is 0 Å². The van der Waals surface area contributed by atoms with E-state index >= 15 is 0 Å². The first-order valence-corrected chi connectivity index (χ1v) is 6.26. The summed E-state index contributed by atoms with van der Waals surface area (Å²) in [6.45, 7) is 11.5. The molecule has 0 aromatic heterocycles. The van der Waals surface area contributed by atoms with Crippen LogP contribution in [0.2, 0.25) is 0 Å². The van der Waals surface area contributed by atoms with Crippen molar-refractivity contribution in [2.45, 2.75) is 60.3 Å². The third kappa shape index (κ3) is 5.47. The van der Waals surface area contributed by atoms with Crippen LogP contribution in [0, 0.1) is 17.8 Å². The van der Waals surface area contributed by atoms with Gasteiger partial charge in [-0.05, 0) is 37.5 Å². The lowest BCUT2D eigenvalue weighted by molar-refractivity contribution is 0.288. The minimum absolute atomic E-state index is 0.826. The summed E-state index contributed by atoms with van der Waals surface area (Å²) in [5.41, 5.74) is 0. The predicted octanol–water partition coefficient (Wildman–Crippen LogP) is 5.05. The van der Waals surface area contributed by atoms with E-state index in [0.29, 0.717) is 0 Å². The molecule has 0 aliphatic heterocycles. The number of hydrogen-bond acceptors (Lipinski definition) is 0. The van der Waals surface area contributed by atoms with Crippen LogP contribution in [0.4, 0.5) is 0 Å². The van der Waals surface area contributed by atoms with E-state index in [9.17, 15) is 0 Å². The molecule has 0 radical (unpaired) electrons. The molecule has 0 fully saturated rings. The molecule has 0 heterocycles. The van der Waals surface area contributed by atoms with E-state index in [0.717, 1.165) is 17.8 Å². The molecule has 0 amide bonds. The number of allylic oxidation sites excluding steroid dienone is 2. The Morgan fingerprint density at radius 2 is 1.64 bits per heavy atom. The molecule has 0 heteroatoms. The Morgan fingerprint density at radius 3 is 2.00 bits per heavy atom. The molecule has 1 unspecified atom stereocenters. The van der Waals surface area contributed by atoms with Gasteiger partial charge in [0.1, 0.15) is 0 Å². The van der Waals surface area contributed by atoms with Crippen LogP contribution in [-0.2, 0) is 0 Å². The third-order valence-corrected chi connectivity index (χ3v) is 3.41. The van der Waals surface area contributed by atoms with E-state index in [1.54, 1.807) is 0 Å². The molecule has 0 saturated carbocycles. The molecule has 84 valence electrons. The maximum Gasteiger partial charge on any atom is -0.0320 e. The van der Waals surface area contributed by atoms with Gasteiger partial charge < -0.3 is 0 Å². The van der Waals surface area contributed by atoms with E-state index in [-0.39, 0.29) is 0 Å². The second-order valence-electron chi connectivity index (χ2n) is 4.73. The van der Waals surface area contributed by atoms with Crippen molar-refractivity contribution in [3.8, 4) is 0 Å². The normalized spacial score (nSPS) is 14.5. The zero-order chi connectivity index (χ0) is 11.0. The standard InChI is InChI=1S/C14H28/c1-6-9-10-14(12(4)5)11-13(7-2)8-3/h6,9,12-14H,7-8,10-11H2,1-5H3. The van der Waals surface area contributed by atoms with Gasteiger partial charge in [0.25, 0.3) is 0 Å². The molecule has 1 atom stereocenters. The fourth-order valence-corrected chi connectivity index (χ4v) is 2.00. The van der Waals surface area contributed by atoms with Crippen molar-refractivity contribution in [3.63, 3.8) is 0 Å². The van der Waals surface area contributed by atoms with Gasteiger partial charge in [-0.1, -0.05) is 52.7 Å². The lowest BCUT2D eigenvalue weighted by Gasteiger charge is -2.24. The van der Waals surface area contributed by atoms with Crippen molar-refractivity contribution >= 4 is 0 Å². The summed E-state index contributed by atoms with van der Waals surface area (Å²) in [6, 6.07) is 0. The SMILES string of the molecule is CC=CCC(CC(CC)CC)C(C)C. The van der Waals surface area contributed by atoms with Crippen molar-refractivity contribution in [1.29, 1.82) is 0 Å². The zero-order valence-electron chi connectivity index (χ0n) is 10.7. The lowest BCUT2D eigenvalue weighted by Crippen LogP contribution is -2.13. The summed E-state index contributed by atoms with van der Waals surface area (Å²) in [4.78, 5) is 0. The summed E-state index contributed by atoms with van der Waals surface area (Å²) >= 11 is 0. The third-order valence-electron chi connectivity index (χ3n) is 3.41. The van der Waals surface area contributed by atoms with Crippen LogP contribution in [0.3, 0.4) is 0 Å². The molecular weight excluding hydrogens is 168 g/mol. The molecule has 0 bridgehead atoms. The Balaban J connectivity index is 4.06. The molecule has 0 aliphatic rings. The van der Waals surface area contributed by atoms with Crippen molar-refractivity contribution in [3.05, 3.63) is 12.2 Å². The Hall–Kier alpha value is -0.260. The fraction of sp³-hybridized carbons (Fsp3) is 0.857. The molecule has 0 spiro atoms. The van der Waals surface area contributed by atoms with E-state index < -0.39 is 0 Å². The van der Waals surface area contributed by atoms with Gasteiger partial charge in [-0.25, -0.2) is 0 Å². The van der Waals surface area contributed by atoms with Crippen LogP contribution in [0.25, 0.3) is 0 Å². The van der Waals surface area contributed by atoms with Gasteiger partial charge in [-0.3, -0.25) is 0 Å². The van der Waals surface area contributed by atoms with Crippen LogP contribution in [0.1, 0.15) is 60.3 Å². The molecule has 0 N–H and O–H groups in total. The molecular formula is C14H28. The smallest absolute Gasteiger partial charge is 0.0320 e. The Bertz CT molecular complexity index is 140. The summed E-state index contributed by atoms with van der Waals surface area (Å²) in [6.07, 6.45) is 9.88. The number of rotatable bonds is 7. The van der Waals surface area contributed by atoms with E-state index in [2.05, 4.69) is 46.8 Å². The lowest BCUT2D eigenvalue weighted by atomic mass is 9.82. The van der Waals surface area contributed by atoms with Crippen LogP contribution in [0.5, 0.6) is 0 Å². The summed E-state index contributed by atoms with van der Waals surface area (Å²) in [5.74, 6) is 2.65. The highest BCUT2D eigenvalue weighted by atomic mass is 14.2. The molecule has 0 aromatic rings. The first kappa shape index (κ1) is 13.7. The maximum atomic E-state index is 2.36. The monoisotopic (exact) mass is 196 g/mol. The largest absolute Gasteiger partial charge is 0.0917 e. The van der Waals surface area contributed by atoms with Gasteiger partial charge in [-0.15, -0.1) is 0 Å². The first-order chi connectivity index (χ1) is 6.65. The Labute approximate surface area is 90.8 Å². The summed E-state index contributed by atoms with van der Waals surface area (Å²) < 4.78 is 0. The molecule has 0 aliphatic carbocycles. The Kier molecular flexibility index (Phi) is 7.93. The highest BCUT2D eigenvalue weighted by Crippen LogP contribution is 2.27. The maximum absolute atomic E-state index is 2.36. The van der Waals surface area contributed by atoms with Crippen LogP contribution < -0.4 is 0 Å². The quantitative estimate of drug-likeness (QED) is 0.500. The molecule has 0 rings (SSSR count). The Morgan fingerprint density at radius 1 is 1.07 bits per heavy atom. The highest BCUT2D eigenvalue weighted by molar-refractivity contribution is 4.82. The van der Waals surface area contributed by atoms with Crippen LogP contribution >= 0.6 is 0 Å². The second-order valence-corrected chi connectivity index (χ2v) is 4.73. The molecule has 0 nitrogen and oxygen atoms in total. The zero-order valence-corrected chi connectivity index (χ0v) is 10.7. The molecule has 0 aromatic carbocycles. The van der Waals surface area contributed by atoms with Crippen LogP contribution in [-0.4, -0.2) is 0 Å². The van der Waals surface area contributed by atoms with Crippen molar-refractivity contribution in [2.24, 2.45) is 17.8 Å². The van der Waals surface area contributed by atoms with Gasteiger partial charge in [0, 0.05) is 0 Å². The minimum Gasteiger partial charge on any atom is -0.0917 e. The fourth-order valence-electron chi connectivity index (χ4n) is 2.00. The van der Waals surface area contributed by atoms with Crippen molar-refractivity contribution < 1.29 is 0 Å². The van der Waals surface area contributed by atoms with E-state index in [4.69, 9.17) is 0 Å². The average molecular weight is 196 g/mol. The summed E-state index contributed by atoms with van der Waals surface area (Å²) in [5, 5.41) is 0. The predicted molar refractivity (Wildman–Crippen MR) is 66.4 cm³/mol. The van der Waals surface area contributed by atoms with E-state index in [1.165, 1.54) is 25.7 Å². The van der Waals surface area contributed by atoms with Crippen molar-refractivity contribution in [1.82, 2.24) is 0 Å². The molecule has 0 saturated heterocycles. The summed E-state index contributed by atoms with van der Waals surface area (Å²) in [7, 11) is 0. The topological polar surface area (TPSA) is 0 Å². The van der Waals surface area contributed by atoms with Crippen LogP contribution in [0.15, 0.2) is 12.2 Å². The van der Waals surface area contributed by atoms with Gasteiger partial charge >= 0.3 is 0 Å². The van der Waals surface area contributed by atoms with Gasteiger partial charge in [0.15, 0.2) is 0 Å². The van der Waals surface area contributed by atoms with E-state index in [1.807, 2.05) is 0 Å². The number of hydrogen-bond donors (Lipinski definition) is 0. The van der Waals surface area contributed by atoms with Gasteiger partial charge in [0.05, 0.1) is 0 Å². The highest BCUT2D eigenvalue weighted by Gasteiger charge is 2.15.